The number of benzene rings is 2. The van der Waals surface area contributed by atoms with Crippen LogP contribution in [0.3, 0.4) is 0 Å². The number of hydrogen-bond donors (Lipinski definition) is 0. The average Bonchev–Trinajstić information content (AvgIpc) is 2.81. The Morgan fingerprint density at radius 3 is 2.21 bits per heavy atom. The highest BCUT2D eigenvalue weighted by Gasteiger charge is 2.09. The van der Waals surface area contributed by atoms with Gasteiger partial charge in [0, 0.05) is 11.6 Å². The lowest BCUT2D eigenvalue weighted by Crippen LogP contribution is -2.15. The lowest BCUT2D eigenvalue weighted by Gasteiger charge is -2.13. The number of esters is 2. The van der Waals surface area contributed by atoms with Gasteiger partial charge in [0.1, 0.15) is 17.2 Å². The largest absolute Gasteiger partial charge is 0.497 e. The van der Waals surface area contributed by atoms with Crippen molar-refractivity contribution >= 4 is 18.0 Å². The first-order chi connectivity index (χ1) is 15.9. The Balaban J connectivity index is 1.64. The molecule has 0 saturated heterocycles. The number of ether oxygens (including phenoxy) is 4. The SMILES string of the molecule is C=C(C)C(=O)OC(C)CCCCCOc1ccc(OC(=O)/C=C/c2ccc(OC)cc2)cc1. The summed E-state index contributed by atoms with van der Waals surface area (Å²) in [5.41, 5.74) is 1.29. The average molecular weight is 453 g/mol. The summed E-state index contributed by atoms with van der Waals surface area (Å²) < 4.78 is 21.4. The van der Waals surface area contributed by atoms with E-state index >= 15 is 0 Å². The van der Waals surface area contributed by atoms with E-state index in [1.807, 2.05) is 31.2 Å². The second kappa shape index (κ2) is 13.8. The normalized spacial score (nSPS) is 11.6. The monoisotopic (exact) mass is 452 g/mol. The van der Waals surface area contributed by atoms with E-state index in [2.05, 4.69) is 6.58 Å². The van der Waals surface area contributed by atoms with Gasteiger partial charge in [-0.3, -0.25) is 0 Å². The van der Waals surface area contributed by atoms with Gasteiger partial charge in [-0.2, -0.15) is 0 Å². The van der Waals surface area contributed by atoms with E-state index in [1.165, 1.54) is 6.08 Å². The summed E-state index contributed by atoms with van der Waals surface area (Å²) in [7, 11) is 1.61. The predicted molar refractivity (Wildman–Crippen MR) is 128 cm³/mol. The van der Waals surface area contributed by atoms with Crippen LogP contribution in [0.4, 0.5) is 0 Å². The van der Waals surface area contributed by atoms with E-state index in [4.69, 9.17) is 18.9 Å². The van der Waals surface area contributed by atoms with Crippen LogP contribution in [0.2, 0.25) is 0 Å². The highest BCUT2D eigenvalue weighted by atomic mass is 16.5. The molecule has 0 aliphatic rings. The number of carbonyl (C=O) groups excluding carboxylic acids is 2. The second-order valence-corrected chi connectivity index (χ2v) is 7.69. The molecule has 0 fully saturated rings. The minimum absolute atomic E-state index is 0.114. The maximum Gasteiger partial charge on any atom is 0.336 e. The quantitative estimate of drug-likeness (QED) is 0.167. The lowest BCUT2D eigenvalue weighted by molar-refractivity contribution is -0.143. The highest BCUT2D eigenvalue weighted by molar-refractivity contribution is 5.88. The lowest BCUT2D eigenvalue weighted by atomic mass is 10.1. The van der Waals surface area contributed by atoms with E-state index in [0.717, 1.165) is 37.0 Å². The molecule has 33 heavy (non-hydrogen) atoms. The van der Waals surface area contributed by atoms with Crippen LogP contribution in [0.15, 0.2) is 66.8 Å². The van der Waals surface area contributed by atoms with Gasteiger partial charge in [0.05, 0.1) is 19.8 Å². The van der Waals surface area contributed by atoms with Crippen molar-refractivity contribution < 1.29 is 28.5 Å². The van der Waals surface area contributed by atoms with Crippen LogP contribution in [0, 0.1) is 0 Å². The van der Waals surface area contributed by atoms with Gasteiger partial charge < -0.3 is 18.9 Å². The molecule has 0 radical (unpaired) electrons. The molecule has 0 aliphatic heterocycles. The van der Waals surface area contributed by atoms with E-state index < -0.39 is 5.97 Å². The Morgan fingerprint density at radius 2 is 1.58 bits per heavy atom. The molecule has 0 amide bonds. The van der Waals surface area contributed by atoms with Crippen LogP contribution in [-0.2, 0) is 14.3 Å². The maximum absolute atomic E-state index is 12.0. The summed E-state index contributed by atoms with van der Waals surface area (Å²) >= 11 is 0. The topological polar surface area (TPSA) is 71.1 Å². The van der Waals surface area contributed by atoms with Crippen LogP contribution >= 0.6 is 0 Å². The molecule has 0 aliphatic carbocycles. The van der Waals surface area contributed by atoms with Crippen molar-refractivity contribution in [3.63, 3.8) is 0 Å². The molecule has 0 N–H and O–H groups in total. The summed E-state index contributed by atoms with van der Waals surface area (Å²) in [6.45, 7) is 7.70. The number of unbranched alkanes of at least 4 members (excludes halogenated alkanes) is 2. The van der Waals surface area contributed by atoms with Crippen LogP contribution in [0.5, 0.6) is 17.2 Å². The molecule has 1 unspecified atom stereocenters. The first kappa shape index (κ1) is 25.7. The highest BCUT2D eigenvalue weighted by Crippen LogP contribution is 2.19. The van der Waals surface area contributed by atoms with Crippen LogP contribution in [0.1, 0.15) is 45.1 Å². The van der Waals surface area contributed by atoms with Crippen molar-refractivity contribution in [2.45, 2.75) is 45.6 Å². The van der Waals surface area contributed by atoms with Gasteiger partial charge in [0.2, 0.25) is 0 Å². The van der Waals surface area contributed by atoms with Crippen LogP contribution in [-0.4, -0.2) is 31.8 Å². The van der Waals surface area contributed by atoms with Crippen molar-refractivity contribution in [1.29, 1.82) is 0 Å². The molecule has 0 heterocycles. The molecule has 0 saturated carbocycles. The Bertz CT molecular complexity index is 928. The Hall–Kier alpha value is -3.54. The molecular weight excluding hydrogens is 420 g/mol. The van der Waals surface area contributed by atoms with Gasteiger partial charge >= 0.3 is 11.9 Å². The molecule has 0 bridgehead atoms. The van der Waals surface area contributed by atoms with Crippen molar-refractivity contribution in [2.75, 3.05) is 13.7 Å². The molecule has 176 valence electrons. The number of methoxy groups -OCH3 is 1. The molecule has 2 aromatic rings. The molecule has 0 aromatic heterocycles. The third kappa shape index (κ3) is 10.1. The molecule has 0 spiro atoms. The Labute approximate surface area is 195 Å². The van der Waals surface area contributed by atoms with Crippen molar-refractivity contribution in [3.05, 3.63) is 72.3 Å². The fourth-order valence-electron chi connectivity index (χ4n) is 2.88. The van der Waals surface area contributed by atoms with Gasteiger partial charge in [-0.1, -0.05) is 18.7 Å². The molecule has 6 heteroatoms. The molecule has 1 atom stereocenters. The Morgan fingerprint density at radius 1 is 0.939 bits per heavy atom. The van der Waals surface area contributed by atoms with Gasteiger partial charge in [-0.15, -0.1) is 0 Å². The van der Waals surface area contributed by atoms with Gasteiger partial charge in [0.15, 0.2) is 0 Å². The third-order valence-corrected chi connectivity index (χ3v) is 4.75. The minimum Gasteiger partial charge on any atom is -0.497 e. The summed E-state index contributed by atoms with van der Waals surface area (Å²) in [5, 5.41) is 0. The number of hydrogen-bond acceptors (Lipinski definition) is 6. The number of rotatable bonds is 13. The summed E-state index contributed by atoms with van der Waals surface area (Å²) in [6.07, 6.45) is 6.59. The molecule has 2 rings (SSSR count). The van der Waals surface area contributed by atoms with Gasteiger partial charge in [-0.05, 0) is 87.6 Å². The fourth-order valence-corrected chi connectivity index (χ4v) is 2.88. The number of carbonyl (C=O) groups is 2. The van der Waals surface area contributed by atoms with E-state index in [0.29, 0.717) is 23.7 Å². The molecule has 6 nitrogen and oxygen atoms in total. The smallest absolute Gasteiger partial charge is 0.336 e. The van der Waals surface area contributed by atoms with E-state index in [-0.39, 0.29) is 12.1 Å². The first-order valence-electron chi connectivity index (χ1n) is 11.0. The fraction of sp³-hybridized carbons (Fsp3) is 0.333. The molecule has 2 aromatic carbocycles. The molecular formula is C27H32O6. The van der Waals surface area contributed by atoms with Crippen molar-refractivity contribution in [3.8, 4) is 17.2 Å². The summed E-state index contributed by atoms with van der Waals surface area (Å²) in [6, 6.07) is 14.3. The predicted octanol–water partition coefficient (Wildman–Crippen LogP) is 5.76. The van der Waals surface area contributed by atoms with Gasteiger partial charge in [0.25, 0.3) is 0 Å². The summed E-state index contributed by atoms with van der Waals surface area (Å²) in [5.74, 6) is 1.13. The standard InChI is InChI=1S/C27H32O6/c1-20(2)27(29)32-21(3)8-6-5-7-19-31-24-14-16-25(17-15-24)33-26(28)18-11-22-9-12-23(30-4)13-10-22/h9-18,21H,1,5-8,19H2,2-4H3/b18-11+. The maximum atomic E-state index is 12.0. The zero-order chi connectivity index (χ0) is 24.1. The van der Waals surface area contributed by atoms with Crippen molar-refractivity contribution in [1.82, 2.24) is 0 Å². The first-order valence-corrected chi connectivity index (χ1v) is 11.0. The van der Waals surface area contributed by atoms with Crippen LogP contribution in [0.25, 0.3) is 6.08 Å². The van der Waals surface area contributed by atoms with E-state index in [1.54, 1.807) is 44.4 Å². The van der Waals surface area contributed by atoms with Crippen LogP contribution < -0.4 is 14.2 Å². The minimum atomic E-state index is -0.456. The zero-order valence-corrected chi connectivity index (χ0v) is 19.5. The third-order valence-electron chi connectivity index (χ3n) is 4.75. The zero-order valence-electron chi connectivity index (χ0n) is 19.5. The second-order valence-electron chi connectivity index (χ2n) is 7.69. The van der Waals surface area contributed by atoms with Crippen molar-refractivity contribution in [2.24, 2.45) is 0 Å². The summed E-state index contributed by atoms with van der Waals surface area (Å²) in [4.78, 5) is 23.5. The van der Waals surface area contributed by atoms with Gasteiger partial charge in [-0.25, -0.2) is 9.59 Å². The van der Waals surface area contributed by atoms with E-state index in [9.17, 15) is 9.59 Å². The Kier molecular flexibility index (Phi) is 10.7.